The zero-order valence-electron chi connectivity index (χ0n) is 9.27. The van der Waals surface area contributed by atoms with Crippen LogP contribution in [-0.2, 0) is 0 Å². The Hall–Kier alpha value is -2.17. The van der Waals surface area contributed by atoms with Crippen molar-refractivity contribution in [2.75, 3.05) is 6.54 Å². The molecule has 0 unspecified atom stereocenters. The molecule has 2 amide bonds. The van der Waals surface area contributed by atoms with Gasteiger partial charge in [-0.05, 0) is 18.6 Å². The third kappa shape index (κ3) is 2.04. The summed E-state index contributed by atoms with van der Waals surface area (Å²) in [4.78, 5) is 25.0. The molecule has 17 heavy (non-hydrogen) atoms. The van der Waals surface area contributed by atoms with E-state index >= 15 is 0 Å². The van der Waals surface area contributed by atoms with Crippen molar-refractivity contribution in [2.45, 2.75) is 12.8 Å². The highest BCUT2D eigenvalue weighted by atomic mass is 16.2. The van der Waals surface area contributed by atoms with Gasteiger partial charge in [-0.1, -0.05) is 12.1 Å². The summed E-state index contributed by atoms with van der Waals surface area (Å²) in [6, 6.07) is 6.78. The van der Waals surface area contributed by atoms with E-state index in [0.717, 1.165) is 0 Å². The van der Waals surface area contributed by atoms with Crippen molar-refractivity contribution < 1.29 is 9.59 Å². The van der Waals surface area contributed by atoms with Crippen molar-refractivity contribution in [3.8, 4) is 0 Å². The smallest absolute Gasteiger partial charge is 0.261 e. The standard InChI is InChI=1S/C12H13N3O2/c13-10(14)6-3-7-15-11(16)8-4-1-2-5-9(8)12(15)17/h1-2,4-5H,3,6-7H2,(H3,13,14). The van der Waals surface area contributed by atoms with Gasteiger partial charge in [-0.15, -0.1) is 0 Å². The molecular weight excluding hydrogens is 218 g/mol. The molecule has 0 atom stereocenters. The van der Waals surface area contributed by atoms with Gasteiger partial charge in [-0.25, -0.2) is 0 Å². The molecule has 0 radical (unpaired) electrons. The number of fused-ring (bicyclic) bond motifs is 1. The van der Waals surface area contributed by atoms with Crippen LogP contribution in [0.2, 0.25) is 0 Å². The van der Waals surface area contributed by atoms with Crippen LogP contribution < -0.4 is 5.73 Å². The van der Waals surface area contributed by atoms with E-state index in [0.29, 0.717) is 30.5 Å². The molecular formula is C12H13N3O2. The second-order valence-electron chi connectivity index (χ2n) is 3.94. The van der Waals surface area contributed by atoms with Gasteiger partial charge in [0, 0.05) is 13.0 Å². The van der Waals surface area contributed by atoms with Crippen LogP contribution in [0.25, 0.3) is 0 Å². The fourth-order valence-electron chi connectivity index (χ4n) is 1.87. The first-order chi connectivity index (χ1) is 8.11. The lowest BCUT2D eigenvalue weighted by atomic mass is 10.1. The van der Waals surface area contributed by atoms with E-state index in [1.807, 2.05) is 0 Å². The molecule has 0 aliphatic carbocycles. The molecule has 1 heterocycles. The lowest BCUT2D eigenvalue weighted by molar-refractivity contribution is 0.0653. The topological polar surface area (TPSA) is 87.2 Å². The monoisotopic (exact) mass is 231 g/mol. The quantitative estimate of drug-likeness (QED) is 0.460. The van der Waals surface area contributed by atoms with Crippen LogP contribution in [0.1, 0.15) is 33.6 Å². The molecule has 0 saturated carbocycles. The van der Waals surface area contributed by atoms with Gasteiger partial charge >= 0.3 is 0 Å². The van der Waals surface area contributed by atoms with Crippen molar-refractivity contribution >= 4 is 17.6 Å². The van der Waals surface area contributed by atoms with E-state index in [-0.39, 0.29) is 17.6 Å². The summed E-state index contributed by atoms with van der Waals surface area (Å²) in [5.74, 6) is -0.440. The van der Waals surface area contributed by atoms with E-state index in [9.17, 15) is 9.59 Å². The van der Waals surface area contributed by atoms with Gasteiger partial charge in [0.1, 0.15) is 0 Å². The van der Waals surface area contributed by atoms with Gasteiger partial charge in [-0.3, -0.25) is 19.9 Å². The highest BCUT2D eigenvalue weighted by molar-refractivity contribution is 6.21. The average Bonchev–Trinajstić information content (AvgIpc) is 2.54. The van der Waals surface area contributed by atoms with Gasteiger partial charge in [0.25, 0.3) is 11.8 Å². The third-order valence-corrected chi connectivity index (χ3v) is 2.71. The molecule has 3 N–H and O–H groups in total. The molecule has 1 aliphatic rings. The number of nitrogens with one attached hydrogen (secondary N) is 1. The number of nitrogens with zero attached hydrogens (tertiary/aromatic N) is 1. The zero-order chi connectivity index (χ0) is 12.4. The summed E-state index contributed by atoms with van der Waals surface area (Å²) < 4.78 is 0. The van der Waals surface area contributed by atoms with Crippen molar-refractivity contribution in [1.82, 2.24) is 4.90 Å². The van der Waals surface area contributed by atoms with Crippen LogP contribution in [0.15, 0.2) is 24.3 Å². The minimum Gasteiger partial charge on any atom is -0.388 e. The summed E-state index contributed by atoms with van der Waals surface area (Å²) in [5.41, 5.74) is 6.14. The third-order valence-electron chi connectivity index (χ3n) is 2.71. The number of benzene rings is 1. The molecule has 1 aliphatic heterocycles. The minimum absolute atomic E-state index is 0.0709. The van der Waals surface area contributed by atoms with E-state index in [1.165, 1.54) is 4.90 Å². The summed E-state index contributed by atoms with van der Waals surface area (Å²) in [5, 5.41) is 7.09. The average molecular weight is 231 g/mol. The first-order valence-electron chi connectivity index (χ1n) is 5.39. The van der Waals surface area contributed by atoms with Crippen molar-refractivity contribution in [3.63, 3.8) is 0 Å². The second-order valence-corrected chi connectivity index (χ2v) is 3.94. The molecule has 1 aromatic carbocycles. The number of hydrogen-bond acceptors (Lipinski definition) is 3. The van der Waals surface area contributed by atoms with E-state index in [1.54, 1.807) is 24.3 Å². The van der Waals surface area contributed by atoms with Crippen molar-refractivity contribution in [1.29, 1.82) is 5.41 Å². The van der Waals surface area contributed by atoms with E-state index < -0.39 is 0 Å². The number of hydrogen-bond donors (Lipinski definition) is 2. The Kier molecular flexibility index (Phi) is 2.91. The Morgan fingerprint density at radius 2 is 1.71 bits per heavy atom. The SMILES string of the molecule is N=C(N)CCCN1C(=O)c2ccccc2C1=O. The minimum atomic E-state index is -0.255. The van der Waals surface area contributed by atoms with E-state index in [4.69, 9.17) is 11.1 Å². The molecule has 1 aromatic rings. The Labute approximate surface area is 98.7 Å². The first kappa shape index (κ1) is 11.3. The molecule has 88 valence electrons. The summed E-state index contributed by atoms with van der Waals surface area (Å²) in [7, 11) is 0. The molecule has 0 aromatic heterocycles. The van der Waals surface area contributed by atoms with Gasteiger partial charge in [-0.2, -0.15) is 0 Å². The molecule has 5 heteroatoms. The van der Waals surface area contributed by atoms with Crippen LogP contribution in [-0.4, -0.2) is 29.1 Å². The van der Waals surface area contributed by atoms with Crippen LogP contribution in [0.3, 0.4) is 0 Å². The fraction of sp³-hybridized carbons (Fsp3) is 0.250. The maximum Gasteiger partial charge on any atom is 0.261 e. The van der Waals surface area contributed by atoms with Gasteiger partial charge in [0.15, 0.2) is 0 Å². The normalized spacial score (nSPS) is 14.0. The molecule has 0 spiro atoms. The van der Waals surface area contributed by atoms with Crippen LogP contribution in [0.5, 0.6) is 0 Å². The van der Waals surface area contributed by atoms with Gasteiger partial charge in [0.2, 0.25) is 0 Å². The number of nitrogens with two attached hydrogens (primary N) is 1. The van der Waals surface area contributed by atoms with Crippen molar-refractivity contribution in [2.24, 2.45) is 5.73 Å². The number of imide groups is 1. The zero-order valence-corrected chi connectivity index (χ0v) is 9.27. The number of amidine groups is 1. The molecule has 0 saturated heterocycles. The molecule has 0 bridgehead atoms. The Morgan fingerprint density at radius 3 is 2.18 bits per heavy atom. The molecule has 5 nitrogen and oxygen atoms in total. The Balaban J connectivity index is 2.11. The second kappa shape index (κ2) is 4.37. The maximum absolute atomic E-state index is 11.9. The van der Waals surface area contributed by atoms with Crippen LogP contribution in [0.4, 0.5) is 0 Å². The maximum atomic E-state index is 11.9. The molecule has 2 rings (SSSR count). The highest BCUT2D eigenvalue weighted by Crippen LogP contribution is 2.22. The van der Waals surface area contributed by atoms with Gasteiger partial charge < -0.3 is 5.73 Å². The predicted octanol–water partition coefficient (Wildman–Crippen LogP) is 0.999. The first-order valence-corrected chi connectivity index (χ1v) is 5.39. The van der Waals surface area contributed by atoms with Gasteiger partial charge in [0.05, 0.1) is 17.0 Å². The lowest BCUT2D eigenvalue weighted by Gasteiger charge is -2.12. The molecule has 0 fully saturated rings. The fourth-order valence-corrected chi connectivity index (χ4v) is 1.87. The number of carbonyl (C=O) groups excluding carboxylic acids is 2. The number of carbonyl (C=O) groups is 2. The Morgan fingerprint density at radius 1 is 1.18 bits per heavy atom. The highest BCUT2D eigenvalue weighted by Gasteiger charge is 2.34. The number of amides is 2. The van der Waals surface area contributed by atoms with Crippen LogP contribution >= 0.6 is 0 Å². The summed E-state index contributed by atoms with van der Waals surface area (Å²) in [6.45, 7) is 0.311. The predicted molar refractivity (Wildman–Crippen MR) is 63.0 cm³/mol. The Bertz CT molecular complexity index is 461. The summed E-state index contributed by atoms with van der Waals surface area (Å²) >= 11 is 0. The number of rotatable bonds is 4. The summed E-state index contributed by atoms with van der Waals surface area (Å²) in [6.07, 6.45) is 0.925. The largest absolute Gasteiger partial charge is 0.388 e. The van der Waals surface area contributed by atoms with Crippen LogP contribution in [0, 0.1) is 5.41 Å². The lowest BCUT2D eigenvalue weighted by Crippen LogP contribution is -2.31. The van der Waals surface area contributed by atoms with Crippen molar-refractivity contribution in [3.05, 3.63) is 35.4 Å². The van der Waals surface area contributed by atoms with E-state index in [2.05, 4.69) is 0 Å².